The van der Waals surface area contributed by atoms with E-state index >= 15 is 0 Å². The van der Waals surface area contributed by atoms with Gasteiger partial charge in [0, 0.05) is 19.6 Å². The Kier molecular flexibility index (Phi) is 7.86. The number of halogens is 1. The van der Waals surface area contributed by atoms with Gasteiger partial charge >= 0.3 is 0 Å². The summed E-state index contributed by atoms with van der Waals surface area (Å²) in [7, 11) is 1.71. The van der Waals surface area contributed by atoms with Crippen molar-refractivity contribution >= 4 is 15.9 Å². The number of benzene rings is 2. The second-order valence-corrected chi connectivity index (χ2v) is 10.1. The van der Waals surface area contributed by atoms with Gasteiger partial charge < -0.3 is 15.0 Å². The second kappa shape index (κ2) is 10.4. The maximum absolute atomic E-state index is 13.2. The molecule has 0 bridgehead atoms. The molecule has 1 fully saturated rings. The van der Waals surface area contributed by atoms with Crippen molar-refractivity contribution in [2.45, 2.75) is 23.8 Å². The first-order valence-corrected chi connectivity index (χ1v) is 12.0. The summed E-state index contributed by atoms with van der Waals surface area (Å²) in [5.74, 6) is -0.355. The SMILES string of the molecule is COc1cccc(C(CNC(=O)C2CCCN(S(=O)(=O)c3ccc(F)cc3)C2)N(C)C)c1. The molecule has 7 nitrogen and oxygen atoms in total. The smallest absolute Gasteiger partial charge is 0.243 e. The molecular formula is C23H30FN3O4S. The van der Waals surface area contributed by atoms with Gasteiger partial charge in [-0.25, -0.2) is 12.8 Å². The van der Waals surface area contributed by atoms with Gasteiger partial charge in [-0.2, -0.15) is 4.31 Å². The fourth-order valence-corrected chi connectivity index (χ4v) is 5.44. The van der Waals surface area contributed by atoms with Gasteiger partial charge in [0.25, 0.3) is 0 Å². The Morgan fingerprint density at radius 3 is 2.62 bits per heavy atom. The highest BCUT2D eigenvalue weighted by atomic mass is 32.2. The Morgan fingerprint density at radius 1 is 1.25 bits per heavy atom. The largest absolute Gasteiger partial charge is 0.497 e. The lowest BCUT2D eigenvalue weighted by Crippen LogP contribution is -2.46. The number of carbonyl (C=O) groups is 1. The summed E-state index contributed by atoms with van der Waals surface area (Å²) in [5.41, 5.74) is 1.01. The number of likely N-dealkylation sites (N-methyl/N-ethyl adjacent to an activating group) is 1. The first-order valence-electron chi connectivity index (χ1n) is 10.6. The lowest BCUT2D eigenvalue weighted by atomic mass is 9.98. The summed E-state index contributed by atoms with van der Waals surface area (Å²) in [6, 6.07) is 12.4. The number of hydrogen-bond donors (Lipinski definition) is 1. The molecule has 1 heterocycles. The average molecular weight is 464 g/mol. The molecule has 2 unspecified atom stereocenters. The molecule has 0 saturated carbocycles. The molecule has 1 aliphatic heterocycles. The first kappa shape index (κ1) is 24.2. The third-order valence-corrected chi connectivity index (χ3v) is 7.66. The van der Waals surface area contributed by atoms with Crippen LogP contribution in [-0.2, 0) is 14.8 Å². The standard InChI is InChI=1S/C23H30FN3O4S/c1-26(2)22(17-6-4-8-20(14-17)31-3)15-25-23(28)18-7-5-13-27(16-18)32(29,30)21-11-9-19(24)10-12-21/h4,6,8-12,14,18,22H,5,7,13,15-16H2,1-3H3,(H,25,28). The topological polar surface area (TPSA) is 79.0 Å². The van der Waals surface area contributed by atoms with Crippen molar-refractivity contribution in [3.05, 3.63) is 59.9 Å². The zero-order chi connectivity index (χ0) is 23.3. The lowest BCUT2D eigenvalue weighted by Gasteiger charge is -2.32. The molecule has 0 aliphatic carbocycles. The van der Waals surface area contributed by atoms with Gasteiger partial charge in [-0.15, -0.1) is 0 Å². The lowest BCUT2D eigenvalue weighted by molar-refractivity contribution is -0.126. The van der Waals surface area contributed by atoms with Gasteiger partial charge in [0.1, 0.15) is 11.6 Å². The summed E-state index contributed by atoms with van der Waals surface area (Å²) in [5, 5.41) is 3.00. The maximum atomic E-state index is 13.2. The molecule has 2 aromatic carbocycles. The van der Waals surface area contributed by atoms with Crippen LogP contribution in [-0.4, -0.2) is 64.4 Å². The number of piperidine rings is 1. The summed E-state index contributed by atoms with van der Waals surface area (Å²) in [6.07, 6.45) is 1.21. The van der Waals surface area contributed by atoms with Crippen molar-refractivity contribution in [2.24, 2.45) is 5.92 Å². The molecule has 0 aromatic heterocycles. The van der Waals surface area contributed by atoms with E-state index in [1.807, 2.05) is 43.3 Å². The summed E-state index contributed by atoms with van der Waals surface area (Å²) in [6.45, 7) is 0.838. The van der Waals surface area contributed by atoms with E-state index in [1.165, 1.54) is 16.4 Å². The Morgan fingerprint density at radius 2 is 1.97 bits per heavy atom. The molecule has 0 radical (unpaired) electrons. The quantitative estimate of drug-likeness (QED) is 0.651. The van der Waals surface area contributed by atoms with Gasteiger partial charge in [-0.1, -0.05) is 12.1 Å². The van der Waals surface area contributed by atoms with E-state index < -0.39 is 21.8 Å². The average Bonchev–Trinajstić information content (AvgIpc) is 2.79. The number of carbonyl (C=O) groups excluding carboxylic acids is 1. The Labute approximate surface area is 189 Å². The van der Waals surface area contributed by atoms with Crippen LogP contribution in [0.3, 0.4) is 0 Å². The van der Waals surface area contributed by atoms with Gasteiger partial charge in [0.05, 0.1) is 24.0 Å². The highest BCUT2D eigenvalue weighted by molar-refractivity contribution is 7.89. The van der Waals surface area contributed by atoms with Crippen LogP contribution in [0.2, 0.25) is 0 Å². The van der Waals surface area contributed by atoms with Gasteiger partial charge in [-0.3, -0.25) is 4.79 Å². The predicted octanol–water partition coefficient (Wildman–Crippen LogP) is 2.65. The van der Waals surface area contributed by atoms with E-state index in [1.54, 1.807) is 7.11 Å². The van der Waals surface area contributed by atoms with Crippen LogP contribution in [0.1, 0.15) is 24.4 Å². The Bertz CT molecular complexity index is 1030. The molecule has 1 amide bonds. The first-order chi connectivity index (χ1) is 15.2. The molecule has 2 aromatic rings. The van der Waals surface area contributed by atoms with Crippen LogP contribution in [0.15, 0.2) is 53.4 Å². The Balaban J connectivity index is 1.66. The normalized spacial score (nSPS) is 18.3. The summed E-state index contributed by atoms with van der Waals surface area (Å²) < 4.78 is 45.6. The van der Waals surface area contributed by atoms with E-state index in [-0.39, 0.29) is 23.4 Å². The minimum atomic E-state index is -3.78. The third kappa shape index (κ3) is 5.65. The van der Waals surface area contributed by atoms with Crippen molar-refractivity contribution in [1.29, 1.82) is 0 Å². The summed E-state index contributed by atoms with van der Waals surface area (Å²) >= 11 is 0. The zero-order valence-electron chi connectivity index (χ0n) is 18.6. The van der Waals surface area contributed by atoms with E-state index in [2.05, 4.69) is 5.32 Å². The van der Waals surface area contributed by atoms with Crippen LogP contribution in [0, 0.1) is 11.7 Å². The number of methoxy groups -OCH3 is 1. The number of nitrogens with zero attached hydrogens (tertiary/aromatic N) is 2. The van der Waals surface area contributed by atoms with Crippen LogP contribution < -0.4 is 10.1 Å². The van der Waals surface area contributed by atoms with Crippen molar-refractivity contribution in [2.75, 3.05) is 40.8 Å². The minimum absolute atomic E-state index is 0.0330. The van der Waals surface area contributed by atoms with Crippen molar-refractivity contribution in [1.82, 2.24) is 14.5 Å². The van der Waals surface area contributed by atoms with Gasteiger partial charge in [0.15, 0.2) is 0 Å². The molecule has 1 N–H and O–H groups in total. The van der Waals surface area contributed by atoms with Crippen LogP contribution in [0.4, 0.5) is 4.39 Å². The van der Waals surface area contributed by atoms with Crippen molar-refractivity contribution < 1.29 is 22.3 Å². The monoisotopic (exact) mass is 463 g/mol. The zero-order valence-corrected chi connectivity index (χ0v) is 19.4. The van der Waals surface area contributed by atoms with Crippen LogP contribution in [0.5, 0.6) is 5.75 Å². The van der Waals surface area contributed by atoms with Crippen molar-refractivity contribution in [3.8, 4) is 5.75 Å². The van der Waals surface area contributed by atoms with Crippen LogP contribution >= 0.6 is 0 Å². The fourth-order valence-electron chi connectivity index (χ4n) is 3.92. The molecule has 32 heavy (non-hydrogen) atoms. The predicted molar refractivity (Wildman–Crippen MR) is 120 cm³/mol. The maximum Gasteiger partial charge on any atom is 0.243 e. The molecule has 9 heteroatoms. The molecule has 1 aliphatic rings. The second-order valence-electron chi connectivity index (χ2n) is 8.16. The van der Waals surface area contributed by atoms with Crippen molar-refractivity contribution in [3.63, 3.8) is 0 Å². The van der Waals surface area contributed by atoms with Gasteiger partial charge in [-0.05, 0) is 68.9 Å². The number of ether oxygens (including phenoxy) is 1. The molecule has 0 spiro atoms. The number of hydrogen-bond acceptors (Lipinski definition) is 5. The van der Waals surface area contributed by atoms with Gasteiger partial charge in [0.2, 0.25) is 15.9 Å². The number of rotatable bonds is 8. The van der Waals surface area contributed by atoms with E-state index in [0.717, 1.165) is 23.4 Å². The Hall–Kier alpha value is -2.49. The number of sulfonamides is 1. The van der Waals surface area contributed by atoms with Crippen LogP contribution in [0.25, 0.3) is 0 Å². The molecule has 2 atom stereocenters. The van der Waals surface area contributed by atoms with E-state index in [4.69, 9.17) is 4.74 Å². The fraction of sp³-hybridized carbons (Fsp3) is 0.435. The number of amides is 1. The van der Waals surface area contributed by atoms with E-state index in [9.17, 15) is 17.6 Å². The highest BCUT2D eigenvalue weighted by Crippen LogP contribution is 2.25. The number of nitrogens with one attached hydrogen (secondary N) is 1. The molecule has 174 valence electrons. The van der Waals surface area contributed by atoms with E-state index in [0.29, 0.717) is 25.9 Å². The highest BCUT2D eigenvalue weighted by Gasteiger charge is 2.33. The minimum Gasteiger partial charge on any atom is -0.497 e. The third-order valence-electron chi connectivity index (χ3n) is 5.78. The molecule has 3 rings (SSSR count). The molecule has 1 saturated heterocycles. The molecular weight excluding hydrogens is 433 g/mol. The summed E-state index contributed by atoms with van der Waals surface area (Å²) in [4.78, 5) is 15.0.